The molecular weight excluding hydrogens is 313 g/mol. The van der Waals surface area contributed by atoms with Gasteiger partial charge in [-0.2, -0.15) is 0 Å². The number of halogens is 3. The topological polar surface area (TPSA) is 39.2 Å². The van der Waals surface area contributed by atoms with Crippen molar-refractivity contribution in [2.24, 2.45) is 5.73 Å². The van der Waals surface area contributed by atoms with Gasteiger partial charge in [0.25, 0.3) is 0 Å². The van der Waals surface area contributed by atoms with E-state index in [2.05, 4.69) is 15.9 Å². The van der Waals surface area contributed by atoms with Crippen LogP contribution < -0.4 is 5.73 Å². The fraction of sp³-hybridized carbons (Fsp3) is 0.0909. The molecule has 1 unspecified atom stereocenters. The predicted molar refractivity (Wildman–Crippen MR) is 68.9 cm³/mol. The number of benzene rings is 1. The molecule has 1 atom stereocenters. The SMILES string of the molecule is NC(c1cccc(Cl)c1Cl)c1occc1Br. The lowest BCUT2D eigenvalue weighted by atomic mass is 10.1. The smallest absolute Gasteiger partial charge is 0.139 e. The second kappa shape index (κ2) is 4.80. The molecule has 5 heteroatoms. The minimum atomic E-state index is -0.435. The van der Waals surface area contributed by atoms with Crippen molar-refractivity contribution in [3.63, 3.8) is 0 Å². The summed E-state index contributed by atoms with van der Waals surface area (Å²) in [4.78, 5) is 0. The molecule has 0 spiro atoms. The Bertz CT molecular complexity index is 512. The Labute approximate surface area is 111 Å². The lowest BCUT2D eigenvalue weighted by molar-refractivity contribution is 0.487. The predicted octanol–water partition coefficient (Wildman–Crippen LogP) is 4.40. The molecule has 1 aromatic carbocycles. The van der Waals surface area contributed by atoms with Gasteiger partial charge in [0.15, 0.2) is 0 Å². The molecule has 0 saturated carbocycles. The van der Waals surface area contributed by atoms with Gasteiger partial charge in [-0.1, -0.05) is 35.3 Å². The van der Waals surface area contributed by atoms with Crippen molar-refractivity contribution in [3.8, 4) is 0 Å². The maximum absolute atomic E-state index is 6.09. The van der Waals surface area contributed by atoms with Gasteiger partial charge in [-0.05, 0) is 33.6 Å². The summed E-state index contributed by atoms with van der Waals surface area (Å²) in [5.41, 5.74) is 6.81. The molecule has 16 heavy (non-hydrogen) atoms. The second-order valence-corrected chi connectivity index (χ2v) is 4.89. The standard InChI is InChI=1S/C11H8BrCl2NO/c12-7-4-5-16-11(7)10(15)6-2-1-3-8(13)9(6)14/h1-5,10H,15H2. The summed E-state index contributed by atoms with van der Waals surface area (Å²) in [6.45, 7) is 0. The Balaban J connectivity index is 2.46. The Kier molecular flexibility index (Phi) is 3.60. The third-order valence-corrected chi connectivity index (χ3v) is 3.73. The highest BCUT2D eigenvalue weighted by Gasteiger charge is 2.19. The van der Waals surface area contributed by atoms with E-state index in [4.69, 9.17) is 33.4 Å². The van der Waals surface area contributed by atoms with Crippen molar-refractivity contribution in [2.75, 3.05) is 0 Å². The average Bonchev–Trinajstić information content (AvgIpc) is 2.68. The molecule has 2 aromatic rings. The van der Waals surface area contributed by atoms with Crippen LogP contribution in [0.3, 0.4) is 0 Å². The van der Waals surface area contributed by atoms with Gasteiger partial charge in [-0.3, -0.25) is 0 Å². The zero-order valence-corrected chi connectivity index (χ0v) is 11.2. The van der Waals surface area contributed by atoms with Crippen LogP contribution in [-0.4, -0.2) is 0 Å². The molecule has 1 heterocycles. The Hall–Kier alpha value is -0.480. The number of rotatable bonds is 2. The molecule has 0 aliphatic carbocycles. The monoisotopic (exact) mass is 319 g/mol. The molecule has 0 aliphatic rings. The average molecular weight is 321 g/mol. The van der Waals surface area contributed by atoms with E-state index in [-0.39, 0.29) is 0 Å². The zero-order chi connectivity index (χ0) is 11.7. The minimum absolute atomic E-state index is 0.435. The maximum Gasteiger partial charge on any atom is 0.139 e. The maximum atomic E-state index is 6.09. The van der Waals surface area contributed by atoms with E-state index < -0.39 is 6.04 Å². The highest BCUT2D eigenvalue weighted by atomic mass is 79.9. The summed E-state index contributed by atoms with van der Waals surface area (Å²) in [5, 5.41) is 0.942. The molecule has 2 rings (SSSR count). The van der Waals surface area contributed by atoms with E-state index in [1.807, 2.05) is 6.07 Å². The normalized spacial score (nSPS) is 12.8. The second-order valence-electron chi connectivity index (χ2n) is 3.25. The van der Waals surface area contributed by atoms with Crippen LogP contribution in [0, 0.1) is 0 Å². The van der Waals surface area contributed by atoms with Gasteiger partial charge in [0.05, 0.1) is 26.8 Å². The van der Waals surface area contributed by atoms with Crippen LogP contribution in [0.5, 0.6) is 0 Å². The van der Waals surface area contributed by atoms with Crippen molar-refractivity contribution in [1.82, 2.24) is 0 Å². The fourth-order valence-corrected chi connectivity index (χ4v) is 2.30. The first-order valence-corrected chi connectivity index (χ1v) is 6.08. The summed E-state index contributed by atoms with van der Waals surface area (Å²) >= 11 is 15.4. The van der Waals surface area contributed by atoms with E-state index in [1.54, 1.807) is 24.5 Å². The van der Waals surface area contributed by atoms with Crippen molar-refractivity contribution in [3.05, 3.63) is 56.4 Å². The molecule has 0 bridgehead atoms. The first-order chi connectivity index (χ1) is 7.61. The van der Waals surface area contributed by atoms with E-state index in [0.717, 1.165) is 10.0 Å². The molecule has 0 saturated heterocycles. The van der Waals surface area contributed by atoms with Crippen molar-refractivity contribution < 1.29 is 4.42 Å². The number of hydrogen-bond donors (Lipinski definition) is 1. The van der Waals surface area contributed by atoms with Gasteiger partial charge >= 0.3 is 0 Å². The van der Waals surface area contributed by atoms with E-state index in [0.29, 0.717) is 15.8 Å². The highest BCUT2D eigenvalue weighted by molar-refractivity contribution is 9.10. The van der Waals surface area contributed by atoms with Crippen LogP contribution in [0.25, 0.3) is 0 Å². The van der Waals surface area contributed by atoms with E-state index in [9.17, 15) is 0 Å². The lowest BCUT2D eigenvalue weighted by Crippen LogP contribution is -2.12. The van der Waals surface area contributed by atoms with Gasteiger partial charge < -0.3 is 10.2 Å². The van der Waals surface area contributed by atoms with Crippen molar-refractivity contribution >= 4 is 39.1 Å². The molecule has 2 nitrogen and oxygen atoms in total. The first kappa shape index (κ1) is 12.0. The lowest BCUT2D eigenvalue weighted by Gasteiger charge is -2.12. The summed E-state index contributed by atoms with van der Waals surface area (Å²) in [5.74, 6) is 0.629. The Morgan fingerprint density at radius 3 is 2.62 bits per heavy atom. The Morgan fingerprint density at radius 1 is 1.25 bits per heavy atom. The molecule has 84 valence electrons. The zero-order valence-electron chi connectivity index (χ0n) is 8.08. The molecule has 0 fully saturated rings. The van der Waals surface area contributed by atoms with Gasteiger partial charge in [-0.25, -0.2) is 0 Å². The molecule has 0 aliphatic heterocycles. The quantitative estimate of drug-likeness (QED) is 0.891. The van der Waals surface area contributed by atoms with Crippen LogP contribution in [0.4, 0.5) is 0 Å². The summed E-state index contributed by atoms with van der Waals surface area (Å²) < 4.78 is 6.12. The molecule has 1 aromatic heterocycles. The van der Waals surface area contributed by atoms with Gasteiger partial charge in [-0.15, -0.1) is 0 Å². The molecular formula is C11H8BrCl2NO. The number of furan rings is 1. The number of nitrogens with two attached hydrogens (primary N) is 1. The van der Waals surface area contributed by atoms with Crippen LogP contribution in [-0.2, 0) is 0 Å². The minimum Gasteiger partial charge on any atom is -0.466 e. The van der Waals surface area contributed by atoms with Gasteiger partial charge in [0.2, 0.25) is 0 Å². The third-order valence-electron chi connectivity index (χ3n) is 2.24. The van der Waals surface area contributed by atoms with Crippen LogP contribution in [0.15, 0.2) is 39.4 Å². The van der Waals surface area contributed by atoms with Crippen LogP contribution in [0.1, 0.15) is 17.4 Å². The first-order valence-electron chi connectivity index (χ1n) is 4.53. The molecule has 0 amide bonds. The summed E-state index contributed by atoms with van der Waals surface area (Å²) in [6, 6.07) is 6.70. The van der Waals surface area contributed by atoms with Crippen LogP contribution in [0.2, 0.25) is 10.0 Å². The highest BCUT2D eigenvalue weighted by Crippen LogP contribution is 2.34. The summed E-state index contributed by atoms with van der Waals surface area (Å²) in [6.07, 6.45) is 1.57. The van der Waals surface area contributed by atoms with E-state index >= 15 is 0 Å². The third kappa shape index (κ3) is 2.13. The van der Waals surface area contributed by atoms with Crippen molar-refractivity contribution in [1.29, 1.82) is 0 Å². The fourth-order valence-electron chi connectivity index (χ4n) is 1.43. The van der Waals surface area contributed by atoms with Gasteiger partial charge in [0, 0.05) is 0 Å². The number of hydrogen-bond acceptors (Lipinski definition) is 2. The van der Waals surface area contributed by atoms with Crippen molar-refractivity contribution in [2.45, 2.75) is 6.04 Å². The van der Waals surface area contributed by atoms with Crippen LogP contribution >= 0.6 is 39.1 Å². The Morgan fingerprint density at radius 2 is 2.00 bits per heavy atom. The van der Waals surface area contributed by atoms with E-state index in [1.165, 1.54) is 0 Å². The summed E-state index contributed by atoms with van der Waals surface area (Å²) in [7, 11) is 0. The molecule has 2 N–H and O–H groups in total. The van der Waals surface area contributed by atoms with Gasteiger partial charge in [0.1, 0.15) is 5.76 Å². The largest absolute Gasteiger partial charge is 0.466 e. The molecule has 0 radical (unpaired) electrons.